The van der Waals surface area contributed by atoms with Crippen molar-refractivity contribution in [3.8, 4) is 17.2 Å². The molecule has 8 nitrogen and oxygen atoms in total. The van der Waals surface area contributed by atoms with Gasteiger partial charge in [0.05, 0.1) is 38.7 Å². The number of hydrogen-bond acceptors (Lipinski definition) is 7. The predicted octanol–water partition coefficient (Wildman–Crippen LogP) is 2.95. The molecule has 0 aliphatic carbocycles. The average Bonchev–Trinajstić information content (AvgIpc) is 3.07. The van der Waals surface area contributed by atoms with Gasteiger partial charge in [-0.05, 0) is 36.8 Å². The summed E-state index contributed by atoms with van der Waals surface area (Å²) < 4.78 is 23.3. The topological polar surface area (TPSA) is 88.4 Å². The van der Waals surface area contributed by atoms with Crippen molar-refractivity contribution in [3.63, 3.8) is 0 Å². The number of esters is 1. The SMILES string of the molecule is COC(=O)Cn1c(=NC(=O)c2cc(OC)c(OC)c(OC)c2)sc2cc(C)ccc21. The van der Waals surface area contributed by atoms with Crippen molar-refractivity contribution >= 4 is 33.4 Å². The Balaban J connectivity index is 2.15. The maximum Gasteiger partial charge on any atom is 0.325 e. The van der Waals surface area contributed by atoms with Crippen LogP contribution in [0.2, 0.25) is 0 Å². The molecule has 30 heavy (non-hydrogen) atoms. The van der Waals surface area contributed by atoms with E-state index in [-0.39, 0.29) is 12.1 Å². The van der Waals surface area contributed by atoms with Gasteiger partial charge >= 0.3 is 5.97 Å². The number of benzene rings is 2. The number of carbonyl (C=O) groups is 2. The summed E-state index contributed by atoms with van der Waals surface area (Å²) in [6, 6.07) is 8.89. The van der Waals surface area contributed by atoms with Gasteiger partial charge in [0.25, 0.3) is 5.91 Å². The minimum absolute atomic E-state index is 0.0546. The number of ether oxygens (including phenoxy) is 4. The molecule has 0 atom stereocenters. The minimum Gasteiger partial charge on any atom is -0.493 e. The van der Waals surface area contributed by atoms with E-state index >= 15 is 0 Å². The molecule has 0 saturated carbocycles. The van der Waals surface area contributed by atoms with Crippen molar-refractivity contribution in [1.82, 2.24) is 4.57 Å². The van der Waals surface area contributed by atoms with Crippen LogP contribution in [0, 0.1) is 6.92 Å². The van der Waals surface area contributed by atoms with Crippen LogP contribution in [-0.2, 0) is 16.1 Å². The van der Waals surface area contributed by atoms with Gasteiger partial charge in [0.15, 0.2) is 16.3 Å². The largest absolute Gasteiger partial charge is 0.493 e. The van der Waals surface area contributed by atoms with E-state index in [1.165, 1.54) is 51.9 Å². The Morgan fingerprint density at radius 1 is 1.00 bits per heavy atom. The van der Waals surface area contributed by atoms with Crippen LogP contribution < -0.4 is 19.0 Å². The summed E-state index contributed by atoms with van der Waals surface area (Å²) in [4.78, 5) is 29.5. The Morgan fingerprint density at radius 3 is 2.23 bits per heavy atom. The number of fused-ring (bicyclic) bond motifs is 1. The Kier molecular flexibility index (Phi) is 6.41. The molecule has 0 bridgehead atoms. The van der Waals surface area contributed by atoms with Gasteiger partial charge < -0.3 is 23.5 Å². The fourth-order valence-electron chi connectivity index (χ4n) is 2.97. The molecule has 0 aliphatic heterocycles. The smallest absolute Gasteiger partial charge is 0.325 e. The molecule has 9 heteroatoms. The van der Waals surface area contributed by atoms with Crippen LogP contribution in [0.3, 0.4) is 0 Å². The summed E-state index contributed by atoms with van der Waals surface area (Å²) in [5.74, 6) is 0.150. The quantitative estimate of drug-likeness (QED) is 0.559. The summed E-state index contributed by atoms with van der Waals surface area (Å²) in [7, 11) is 5.75. The molecule has 0 radical (unpaired) electrons. The molecule has 0 saturated heterocycles. The number of thiazole rings is 1. The van der Waals surface area contributed by atoms with E-state index < -0.39 is 11.9 Å². The predicted molar refractivity (Wildman–Crippen MR) is 113 cm³/mol. The van der Waals surface area contributed by atoms with Gasteiger partial charge in [0.1, 0.15) is 6.54 Å². The fraction of sp³-hybridized carbons (Fsp3) is 0.286. The third-order valence-corrected chi connectivity index (χ3v) is 5.50. The number of methoxy groups -OCH3 is 4. The zero-order chi connectivity index (χ0) is 21.8. The molecular formula is C21H22N2O6S. The Hall–Kier alpha value is -3.33. The van der Waals surface area contributed by atoms with Gasteiger partial charge in [-0.25, -0.2) is 0 Å². The molecule has 0 spiro atoms. The normalized spacial score (nSPS) is 11.4. The van der Waals surface area contributed by atoms with E-state index in [0.717, 1.165) is 15.8 Å². The lowest BCUT2D eigenvalue weighted by atomic mass is 10.1. The maximum absolute atomic E-state index is 13.0. The van der Waals surface area contributed by atoms with Gasteiger partial charge in [-0.3, -0.25) is 9.59 Å². The number of aromatic nitrogens is 1. The average molecular weight is 430 g/mol. The zero-order valence-corrected chi connectivity index (χ0v) is 18.2. The molecule has 0 N–H and O–H groups in total. The highest BCUT2D eigenvalue weighted by Crippen LogP contribution is 2.38. The highest BCUT2D eigenvalue weighted by Gasteiger charge is 2.18. The lowest BCUT2D eigenvalue weighted by Crippen LogP contribution is -2.22. The summed E-state index contributed by atoms with van der Waals surface area (Å²) in [5, 5.41) is 0. The number of carbonyl (C=O) groups excluding carboxylic acids is 2. The zero-order valence-electron chi connectivity index (χ0n) is 17.3. The van der Waals surface area contributed by atoms with E-state index in [0.29, 0.717) is 22.0 Å². The van der Waals surface area contributed by atoms with Crippen LogP contribution in [0.1, 0.15) is 15.9 Å². The fourth-order valence-corrected chi connectivity index (χ4v) is 4.09. The lowest BCUT2D eigenvalue weighted by molar-refractivity contribution is -0.141. The second-order valence-electron chi connectivity index (χ2n) is 6.35. The van der Waals surface area contributed by atoms with Crippen LogP contribution in [-0.4, -0.2) is 44.9 Å². The Labute approximate surface area is 177 Å². The maximum atomic E-state index is 13.0. The van der Waals surface area contributed by atoms with Crippen molar-refractivity contribution in [3.05, 3.63) is 46.3 Å². The molecule has 1 amide bonds. The van der Waals surface area contributed by atoms with Crippen molar-refractivity contribution in [2.75, 3.05) is 28.4 Å². The van der Waals surface area contributed by atoms with Crippen molar-refractivity contribution in [1.29, 1.82) is 0 Å². The van der Waals surface area contributed by atoms with Crippen molar-refractivity contribution in [2.45, 2.75) is 13.5 Å². The Bertz CT molecular complexity index is 1150. The monoisotopic (exact) mass is 430 g/mol. The van der Waals surface area contributed by atoms with E-state index in [4.69, 9.17) is 18.9 Å². The first-order valence-electron chi connectivity index (χ1n) is 8.97. The van der Waals surface area contributed by atoms with E-state index in [1.807, 2.05) is 25.1 Å². The standard InChI is InChI=1S/C21H22N2O6S/c1-12-6-7-14-17(8-12)30-21(23(14)11-18(24)28-4)22-20(25)13-9-15(26-2)19(29-5)16(10-13)27-3/h6-10H,11H2,1-5H3. The third-order valence-electron chi connectivity index (χ3n) is 4.46. The lowest BCUT2D eigenvalue weighted by Gasteiger charge is -2.12. The minimum atomic E-state index is -0.504. The molecule has 1 heterocycles. The molecule has 1 aromatic heterocycles. The molecule has 0 unspecified atom stereocenters. The molecular weight excluding hydrogens is 408 g/mol. The molecule has 0 aliphatic rings. The summed E-state index contributed by atoms with van der Waals surface area (Å²) in [6.45, 7) is 1.92. The summed E-state index contributed by atoms with van der Waals surface area (Å²) in [6.07, 6.45) is 0. The second kappa shape index (κ2) is 9.00. The molecule has 158 valence electrons. The van der Waals surface area contributed by atoms with Gasteiger partial charge in [-0.2, -0.15) is 4.99 Å². The van der Waals surface area contributed by atoms with Gasteiger partial charge in [-0.15, -0.1) is 0 Å². The van der Waals surface area contributed by atoms with E-state index in [1.54, 1.807) is 4.57 Å². The van der Waals surface area contributed by atoms with Crippen molar-refractivity contribution in [2.24, 2.45) is 4.99 Å². The van der Waals surface area contributed by atoms with Crippen LogP contribution in [0.25, 0.3) is 10.2 Å². The highest BCUT2D eigenvalue weighted by atomic mass is 32.1. The second-order valence-corrected chi connectivity index (χ2v) is 7.36. The first-order chi connectivity index (χ1) is 14.4. The molecule has 2 aromatic carbocycles. The molecule has 3 aromatic rings. The third kappa shape index (κ3) is 4.16. The van der Waals surface area contributed by atoms with Crippen LogP contribution in [0.5, 0.6) is 17.2 Å². The number of rotatable bonds is 6. The van der Waals surface area contributed by atoms with Crippen LogP contribution in [0.4, 0.5) is 0 Å². The Morgan fingerprint density at radius 2 is 1.67 bits per heavy atom. The molecule has 3 rings (SSSR count). The molecule has 0 fully saturated rings. The summed E-state index contributed by atoms with van der Waals surface area (Å²) in [5.41, 5.74) is 2.13. The van der Waals surface area contributed by atoms with E-state index in [9.17, 15) is 9.59 Å². The van der Waals surface area contributed by atoms with Crippen LogP contribution >= 0.6 is 11.3 Å². The van der Waals surface area contributed by atoms with Gasteiger partial charge in [0, 0.05) is 5.56 Å². The number of aryl methyl sites for hydroxylation is 1. The first-order valence-corrected chi connectivity index (χ1v) is 9.79. The number of amides is 1. The summed E-state index contributed by atoms with van der Waals surface area (Å²) >= 11 is 1.32. The van der Waals surface area contributed by atoms with Gasteiger partial charge in [-0.1, -0.05) is 17.4 Å². The van der Waals surface area contributed by atoms with E-state index in [2.05, 4.69) is 4.99 Å². The van der Waals surface area contributed by atoms with Gasteiger partial charge in [0.2, 0.25) is 5.75 Å². The first kappa shape index (κ1) is 21.4. The van der Waals surface area contributed by atoms with Crippen LogP contribution in [0.15, 0.2) is 35.3 Å². The number of nitrogens with zero attached hydrogens (tertiary/aromatic N) is 2. The van der Waals surface area contributed by atoms with Crippen molar-refractivity contribution < 1.29 is 28.5 Å². The number of hydrogen-bond donors (Lipinski definition) is 0. The highest BCUT2D eigenvalue weighted by molar-refractivity contribution is 7.16.